The fourth-order valence-corrected chi connectivity index (χ4v) is 5.71. The molecule has 4 rings (SSSR count). The number of hydrogen-bond donors (Lipinski definition) is 1. The highest BCUT2D eigenvalue weighted by molar-refractivity contribution is 8.18. The van der Waals surface area contributed by atoms with Gasteiger partial charge in [0.25, 0.3) is 11.1 Å². The van der Waals surface area contributed by atoms with E-state index in [1.807, 2.05) is 13.8 Å². The topological polar surface area (TPSA) is 93.5 Å². The first kappa shape index (κ1) is 32.4. The molecule has 230 valence electrons. The minimum atomic E-state index is -4.57. The molecule has 3 aromatic rings. The zero-order valence-corrected chi connectivity index (χ0v) is 25.9. The normalized spacial score (nSPS) is 16.0. The minimum Gasteiger partial charge on any atom is -0.444 e. The lowest BCUT2D eigenvalue weighted by molar-refractivity contribution is -0.138. The number of imide groups is 1. The lowest BCUT2D eigenvalue weighted by Crippen LogP contribution is -2.47. The van der Waals surface area contributed by atoms with E-state index in [0.29, 0.717) is 22.9 Å². The standard InChI is InChI=1S/C30H32ClF3N4O4S/c1-17(2)10-22(36-27(40)42-29(3,4)5)16-37-26(39)25(43-28(37)41)12-18-6-9-24-20(11-18)14-35-38(24)15-19-7-8-21(31)13-23(19)30(32,33)34/h6-9,11-14,17,22H,10,15-16H2,1-5H3,(H,36,40)/b25-12-/t22-/m1/s1. The second kappa shape index (κ2) is 12.6. The molecule has 1 saturated heterocycles. The van der Waals surface area contributed by atoms with Gasteiger partial charge in [-0.1, -0.05) is 37.6 Å². The van der Waals surface area contributed by atoms with Crippen molar-refractivity contribution in [3.05, 3.63) is 69.2 Å². The summed E-state index contributed by atoms with van der Waals surface area (Å²) in [6.07, 6.45) is -1.55. The fourth-order valence-electron chi connectivity index (χ4n) is 4.68. The molecule has 0 bridgehead atoms. The third-order valence-corrected chi connectivity index (χ3v) is 7.56. The number of thioether (sulfide) groups is 1. The van der Waals surface area contributed by atoms with Crippen LogP contribution in [0, 0.1) is 5.92 Å². The first-order chi connectivity index (χ1) is 20.0. The summed E-state index contributed by atoms with van der Waals surface area (Å²) < 4.78 is 47.5. The summed E-state index contributed by atoms with van der Waals surface area (Å²) in [5, 5.41) is 7.23. The summed E-state index contributed by atoms with van der Waals surface area (Å²) in [7, 11) is 0. The van der Waals surface area contributed by atoms with Crippen molar-refractivity contribution >= 4 is 57.6 Å². The summed E-state index contributed by atoms with van der Waals surface area (Å²) in [6.45, 7) is 9.06. The Kier molecular flexibility index (Phi) is 9.51. The lowest BCUT2D eigenvalue weighted by atomic mass is 10.0. The SMILES string of the molecule is CC(C)C[C@H](CN1C(=O)S/C(=C\c2ccc3c(cnn3Cc3ccc(Cl)cc3C(F)(F)F)c2)C1=O)NC(=O)OC(C)(C)C. The summed E-state index contributed by atoms with van der Waals surface area (Å²) in [6, 6.07) is 8.28. The van der Waals surface area contributed by atoms with Crippen molar-refractivity contribution in [3.63, 3.8) is 0 Å². The third kappa shape index (κ3) is 8.32. The van der Waals surface area contributed by atoms with Gasteiger partial charge in [0, 0.05) is 10.4 Å². The molecule has 0 saturated carbocycles. The van der Waals surface area contributed by atoms with Crippen molar-refractivity contribution in [1.82, 2.24) is 20.0 Å². The molecule has 1 aliphatic heterocycles. The molecule has 2 aromatic carbocycles. The molecule has 43 heavy (non-hydrogen) atoms. The van der Waals surface area contributed by atoms with Gasteiger partial charge in [-0.05, 0) is 86.3 Å². The number of ether oxygens (including phenoxy) is 1. The van der Waals surface area contributed by atoms with Gasteiger partial charge in [-0.3, -0.25) is 19.2 Å². The Morgan fingerprint density at radius 3 is 2.51 bits per heavy atom. The van der Waals surface area contributed by atoms with E-state index in [9.17, 15) is 27.6 Å². The number of halogens is 4. The number of nitrogens with one attached hydrogen (secondary N) is 1. The van der Waals surface area contributed by atoms with Crippen LogP contribution in [0.15, 0.2) is 47.5 Å². The van der Waals surface area contributed by atoms with Crippen LogP contribution in [0.3, 0.4) is 0 Å². The Bertz CT molecular complexity index is 1580. The number of hydrogen-bond acceptors (Lipinski definition) is 6. The van der Waals surface area contributed by atoms with E-state index in [-0.39, 0.29) is 34.5 Å². The molecule has 0 spiro atoms. The van der Waals surface area contributed by atoms with E-state index in [1.165, 1.54) is 23.0 Å². The lowest BCUT2D eigenvalue weighted by Gasteiger charge is -2.26. The smallest absolute Gasteiger partial charge is 0.416 e. The monoisotopic (exact) mass is 636 g/mol. The van der Waals surface area contributed by atoms with Crippen LogP contribution in [0.25, 0.3) is 17.0 Å². The average Bonchev–Trinajstić information content (AvgIpc) is 3.38. The molecule has 1 atom stereocenters. The summed E-state index contributed by atoms with van der Waals surface area (Å²) >= 11 is 6.60. The molecular weight excluding hydrogens is 605 g/mol. The van der Waals surface area contributed by atoms with Crippen molar-refractivity contribution in [2.75, 3.05) is 6.54 Å². The summed E-state index contributed by atoms with van der Waals surface area (Å²) in [4.78, 5) is 39.7. The maximum Gasteiger partial charge on any atom is 0.416 e. The molecule has 2 heterocycles. The second-order valence-electron chi connectivity index (χ2n) is 11.7. The zero-order chi connectivity index (χ0) is 31.7. The van der Waals surface area contributed by atoms with E-state index in [2.05, 4.69) is 10.4 Å². The van der Waals surface area contributed by atoms with Gasteiger partial charge in [0.2, 0.25) is 0 Å². The minimum absolute atomic E-state index is 0.00412. The fraction of sp³-hybridized carbons (Fsp3) is 0.400. The predicted octanol–water partition coefficient (Wildman–Crippen LogP) is 7.73. The van der Waals surface area contributed by atoms with E-state index in [0.717, 1.165) is 22.7 Å². The van der Waals surface area contributed by atoms with Crippen molar-refractivity contribution in [1.29, 1.82) is 0 Å². The number of fused-ring (bicyclic) bond motifs is 1. The molecular formula is C30H32ClF3N4O4S. The first-order valence-electron chi connectivity index (χ1n) is 13.6. The van der Waals surface area contributed by atoms with Gasteiger partial charge in [-0.25, -0.2) is 4.79 Å². The number of benzene rings is 2. The molecule has 1 aromatic heterocycles. The van der Waals surface area contributed by atoms with Crippen LogP contribution in [0.1, 0.15) is 57.7 Å². The molecule has 13 heteroatoms. The quantitative estimate of drug-likeness (QED) is 0.254. The molecule has 0 aliphatic carbocycles. The van der Waals surface area contributed by atoms with Crippen LogP contribution in [0.4, 0.5) is 22.8 Å². The molecule has 0 radical (unpaired) electrons. The van der Waals surface area contributed by atoms with Gasteiger partial charge >= 0.3 is 12.3 Å². The zero-order valence-electron chi connectivity index (χ0n) is 24.3. The van der Waals surface area contributed by atoms with E-state index < -0.39 is 40.6 Å². The highest BCUT2D eigenvalue weighted by atomic mass is 35.5. The molecule has 3 amide bonds. The van der Waals surface area contributed by atoms with Crippen molar-refractivity contribution in [2.45, 2.75) is 65.4 Å². The molecule has 1 aliphatic rings. The molecule has 0 unspecified atom stereocenters. The Morgan fingerprint density at radius 1 is 1.14 bits per heavy atom. The Balaban J connectivity index is 1.51. The highest BCUT2D eigenvalue weighted by Crippen LogP contribution is 2.35. The van der Waals surface area contributed by atoms with Crippen LogP contribution < -0.4 is 5.32 Å². The maximum atomic E-state index is 13.6. The van der Waals surface area contributed by atoms with E-state index >= 15 is 0 Å². The van der Waals surface area contributed by atoms with Crippen LogP contribution in [-0.4, -0.2) is 50.1 Å². The number of carbonyl (C=O) groups excluding carboxylic acids is 3. The average molecular weight is 637 g/mol. The predicted molar refractivity (Wildman–Crippen MR) is 161 cm³/mol. The summed E-state index contributed by atoms with van der Waals surface area (Å²) in [5.74, 6) is -0.296. The number of nitrogens with zero attached hydrogens (tertiary/aromatic N) is 3. The Labute approximate surface area is 256 Å². The van der Waals surface area contributed by atoms with Gasteiger partial charge in [0.1, 0.15) is 5.60 Å². The number of carbonyl (C=O) groups is 3. The maximum absolute atomic E-state index is 13.6. The van der Waals surface area contributed by atoms with Crippen LogP contribution in [0.2, 0.25) is 5.02 Å². The largest absolute Gasteiger partial charge is 0.444 e. The van der Waals surface area contributed by atoms with E-state index in [1.54, 1.807) is 45.0 Å². The molecule has 8 nitrogen and oxygen atoms in total. The number of rotatable bonds is 8. The van der Waals surface area contributed by atoms with Crippen LogP contribution in [-0.2, 0) is 22.3 Å². The molecule has 1 N–H and O–H groups in total. The van der Waals surface area contributed by atoms with Crippen LogP contribution >= 0.6 is 23.4 Å². The Hall–Kier alpha value is -3.51. The second-order valence-corrected chi connectivity index (χ2v) is 13.1. The van der Waals surface area contributed by atoms with Gasteiger partial charge < -0.3 is 10.1 Å². The number of alkyl halides is 3. The van der Waals surface area contributed by atoms with Gasteiger partial charge in [0.15, 0.2) is 0 Å². The molecule has 1 fully saturated rings. The van der Waals surface area contributed by atoms with Crippen molar-refractivity contribution in [2.24, 2.45) is 5.92 Å². The number of amides is 3. The van der Waals surface area contributed by atoms with Gasteiger partial charge in [0.05, 0.1) is 41.3 Å². The van der Waals surface area contributed by atoms with Gasteiger partial charge in [-0.15, -0.1) is 0 Å². The van der Waals surface area contributed by atoms with Crippen molar-refractivity contribution in [3.8, 4) is 0 Å². The Morgan fingerprint density at radius 2 is 1.86 bits per heavy atom. The number of alkyl carbamates (subject to hydrolysis) is 1. The van der Waals surface area contributed by atoms with E-state index in [4.69, 9.17) is 16.3 Å². The summed E-state index contributed by atoms with van der Waals surface area (Å²) in [5.41, 5.74) is -0.287. The van der Waals surface area contributed by atoms with Crippen molar-refractivity contribution < 1.29 is 32.3 Å². The highest BCUT2D eigenvalue weighted by Gasteiger charge is 2.37. The number of aromatic nitrogens is 2. The third-order valence-electron chi connectivity index (χ3n) is 6.41. The van der Waals surface area contributed by atoms with Gasteiger partial charge in [-0.2, -0.15) is 18.3 Å². The van der Waals surface area contributed by atoms with Crippen LogP contribution in [0.5, 0.6) is 0 Å². The first-order valence-corrected chi connectivity index (χ1v) is 14.8.